The van der Waals surface area contributed by atoms with Crippen molar-refractivity contribution in [1.29, 1.82) is 0 Å². The molecule has 0 aromatic heterocycles. The average molecular weight is 477 g/mol. The largest absolute Gasteiger partial charge is 0.478 e. The van der Waals surface area contributed by atoms with Gasteiger partial charge in [0.2, 0.25) is 0 Å². The normalized spacial score (nSPS) is 18.1. The molecule has 2 aliphatic heterocycles. The molecule has 2 aromatic carbocycles. The quantitative estimate of drug-likeness (QED) is 0.406. The molecule has 2 N–H and O–H groups in total. The Hall–Kier alpha value is -2.96. The van der Waals surface area contributed by atoms with E-state index < -0.39 is 11.9 Å². The molecule has 0 spiro atoms. The highest BCUT2D eigenvalue weighted by Gasteiger charge is 2.23. The van der Waals surface area contributed by atoms with Gasteiger partial charge in [0, 0.05) is 25.2 Å². The summed E-state index contributed by atoms with van der Waals surface area (Å²) in [6, 6.07) is 17.0. The van der Waals surface area contributed by atoms with Crippen LogP contribution in [0.25, 0.3) is 0 Å². The highest BCUT2D eigenvalue weighted by molar-refractivity contribution is 5.90. The molecule has 2 aliphatic rings. The Kier molecular flexibility index (Phi) is 9.09. The molecule has 0 radical (unpaired) electrons. The molecule has 6 heteroatoms. The number of ether oxygens (including phenoxy) is 1. The van der Waals surface area contributed by atoms with E-state index in [4.69, 9.17) is 9.84 Å². The molecule has 1 fully saturated rings. The first-order valence-electron chi connectivity index (χ1n) is 12.8. The molecular formula is C29H36N2O4. The van der Waals surface area contributed by atoms with Crippen molar-refractivity contribution in [3.05, 3.63) is 82.9 Å². The van der Waals surface area contributed by atoms with Gasteiger partial charge in [-0.3, -0.25) is 4.90 Å². The summed E-state index contributed by atoms with van der Waals surface area (Å²) < 4.78 is 5.78. The molecule has 35 heavy (non-hydrogen) atoms. The van der Waals surface area contributed by atoms with E-state index in [9.17, 15) is 9.59 Å². The molecule has 4 rings (SSSR count). The summed E-state index contributed by atoms with van der Waals surface area (Å²) in [4.78, 5) is 25.7. The van der Waals surface area contributed by atoms with Crippen molar-refractivity contribution in [2.45, 2.75) is 57.7 Å². The molecule has 6 nitrogen and oxygen atoms in total. The fourth-order valence-electron chi connectivity index (χ4n) is 5.16. The van der Waals surface area contributed by atoms with E-state index in [0.29, 0.717) is 5.92 Å². The number of aryl methyl sites for hydroxylation is 1. The van der Waals surface area contributed by atoms with Gasteiger partial charge in [0.1, 0.15) is 6.10 Å². The Bertz CT molecular complexity index is 1010. The minimum atomic E-state index is -1.16. The number of piperidine rings is 1. The number of carboxylic acids is 1. The summed E-state index contributed by atoms with van der Waals surface area (Å²) in [5.41, 5.74) is 4.95. The zero-order valence-corrected chi connectivity index (χ0v) is 20.3. The molecule has 1 unspecified atom stereocenters. The third kappa shape index (κ3) is 7.77. The first-order chi connectivity index (χ1) is 17.1. The molecule has 0 amide bonds. The SMILES string of the molecule is O=C(O)/C=C/C(=O)OC(CCC1CCN(Cc2ccccc2)CC1)c1ccc2c(c1)CNCCC2. The van der Waals surface area contributed by atoms with Gasteiger partial charge in [-0.2, -0.15) is 0 Å². The number of aliphatic carboxylic acids is 1. The molecule has 1 saturated heterocycles. The van der Waals surface area contributed by atoms with Crippen LogP contribution in [-0.4, -0.2) is 41.6 Å². The van der Waals surface area contributed by atoms with Crippen LogP contribution in [0.3, 0.4) is 0 Å². The average Bonchev–Trinajstić information content (AvgIpc) is 3.12. The molecule has 186 valence electrons. The highest BCUT2D eigenvalue weighted by Crippen LogP contribution is 2.31. The number of nitrogens with zero attached hydrogens (tertiary/aromatic N) is 1. The van der Waals surface area contributed by atoms with Gasteiger partial charge in [0.25, 0.3) is 0 Å². The van der Waals surface area contributed by atoms with Crippen molar-refractivity contribution in [2.75, 3.05) is 19.6 Å². The maximum absolute atomic E-state index is 12.4. The van der Waals surface area contributed by atoms with Crippen LogP contribution in [0.1, 0.15) is 60.5 Å². The first-order valence-corrected chi connectivity index (χ1v) is 12.8. The lowest BCUT2D eigenvalue weighted by Crippen LogP contribution is -2.33. The maximum atomic E-state index is 12.4. The van der Waals surface area contributed by atoms with Crippen molar-refractivity contribution in [3.63, 3.8) is 0 Å². The second-order valence-corrected chi connectivity index (χ2v) is 9.69. The molecule has 0 saturated carbocycles. The molecule has 0 aliphatic carbocycles. The van der Waals surface area contributed by atoms with Crippen LogP contribution in [-0.2, 0) is 33.8 Å². The van der Waals surface area contributed by atoms with Crippen molar-refractivity contribution < 1.29 is 19.4 Å². The minimum Gasteiger partial charge on any atom is -0.478 e. The number of esters is 1. The minimum absolute atomic E-state index is 0.378. The van der Waals surface area contributed by atoms with Gasteiger partial charge < -0.3 is 15.2 Å². The summed E-state index contributed by atoms with van der Waals surface area (Å²) in [6.07, 6.45) is 7.63. The number of hydrogen-bond acceptors (Lipinski definition) is 5. The van der Waals surface area contributed by atoms with Crippen molar-refractivity contribution in [2.24, 2.45) is 5.92 Å². The molecule has 2 aromatic rings. The van der Waals surface area contributed by atoms with Crippen LogP contribution in [0.2, 0.25) is 0 Å². The van der Waals surface area contributed by atoms with Crippen molar-refractivity contribution in [3.8, 4) is 0 Å². The van der Waals surface area contributed by atoms with Gasteiger partial charge in [-0.05, 0) is 86.3 Å². The standard InChI is InChI=1S/C29H36N2O4/c32-28(33)12-13-29(34)35-27(25-10-9-24-7-4-16-30-20-26(24)19-25)11-8-22-14-17-31(18-15-22)21-23-5-2-1-3-6-23/h1-3,5-6,9-10,12-13,19,22,27,30H,4,7-8,11,14-18,20-21H2,(H,32,33)/b13-12+. The second kappa shape index (κ2) is 12.7. The number of carbonyl (C=O) groups excluding carboxylic acids is 1. The molecule has 1 atom stereocenters. The van der Waals surface area contributed by atoms with Crippen molar-refractivity contribution >= 4 is 11.9 Å². The molecule has 2 heterocycles. The third-order valence-corrected chi connectivity index (χ3v) is 7.13. The zero-order chi connectivity index (χ0) is 24.5. The van der Waals surface area contributed by atoms with Crippen LogP contribution < -0.4 is 5.32 Å². The maximum Gasteiger partial charge on any atom is 0.331 e. The highest BCUT2D eigenvalue weighted by atomic mass is 16.5. The number of carbonyl (C=O) groups is 2. The van der Waals surface area contributed by atoms with Crippen LogP contribution in [0.5, 0.6) is 0 Å². The van der Waals surface area contributed by atoms with Crippen LogP contribution in [0.15, 0.2) is 60.7 Å². The van der Waals surface area contributed by atoms with Gasteiger partial charge in [0.15, 0.2) is 0 Å². The number of hydrogen-bond donors (Lipinski definition) is 2. The Morgan fingerprint density at radius 3 is 2.66 bits per heavy atom. The number of likely N-dealkylation sites (tertiary alicyclic amines) is 1. The lowest BCUT2D eigenvalue weighted by atomic mass is 9.89. The van der Waals surface area contributed by atoms with E-state index in [0.717, 1.165) is 89.0 Å². The first kappa shape index (κ1) is 25.1. The number of nitrogens with one attached hydrogen (secondary N) is 1. The monoisotopic (exact) mass is 476 g/mol. The number of fused-ring (bicyclic) bond motifs is 1. The summed E-state index contributed by atoms with van der Waals surface area (Å²) in [6.45, 7) is 4.98. The topological polar surface area (TPSA) is 78.9 Å². The number of carboxylic acid groups (broad SMARTS) is 1. The van der Waals surface area contributed by atoms with Crippen LogP contribution in [0, 0.1) is 5.92 Å². The van der Waals surface area contributed by atoms with Gasteiger partial charge in [-0.15, -0.1) is 0 Å². The van der Waals surface area contributed by atoms with Gasteiger partial charge in [0.05, 0.1) is 0 Å². The van der Waals surface area contributed by atoms with Gasteiger partial charge in [-0.1, -0.05) is 48.5 Å². The third-order valence-electron chi connectivity index (χ3n) is 7.13. The Morgan fingerprint density at radius 2 is 1.89 bits per heavy atom. The number of benzene rings is 2. The Labute approximate surface area is 208 Å². The fourth-order valence-corrected chi connectivity index (χ4v) is 5.16. The predicted octanol–water partition coefficient (Wildman–Crippen LogP) is 4.64. The fraction of sp³-hybridized carbons (Fsp3) is 0.448. The Balaban J connectivity index is 1.37. The van der Waals surface area contributed by atoms with Gasteiger partial charge in [-0.25, -0.2) is 9.59 Å². The Morgan fingerprint density at radius 1 is 1.09 bits per heavy atom. The lowest BCUT2D eigenvalue weighted by Gasteiger charge is -2.32. The zero-order valence-electron chi connectivity index (χ0n) is 20.3. The van der Waals surface area contributed by atoms with Crippen LogP contribution in [0.4, 0.5) is 0 Å². The summed E-state index contributed by atoms with van der Waals surface area (Å²) in [5, 5.41) is 12.3. The molecular weight excluding hydrogens is 440 g/mol. The van der Waals surface area contributed by atoms with Crippen LogP contribution >= 0.6 is 0 Å². The smallest absolute Gasteiger partial charge is 0.331 e. The van der Waals surface area contributed by atoms with E-state index in [2.05, 4.69) is 58.7 Å². The number of rotatable bonds is 9. The predicted molar refractivity (Wildman–Crippen MR) is 136 cm³/mol. The van der Waals surface area contributed by atoms with E-state index in [-0.39, 0.29) is 6.10 Å². The van der Waals surface area contributed by atoms with E-state index in [1.165, 1.54) is 16.7 Å². The second-order valence-electron chi connectivity index (χ2n) is 9.69. The van der Waals surface area contributed by atoms with Gasteiger partial charge >= 0.3 is 11.9 Å². The van der Waals surface area contributed by atoms with E-state index in [1.54, 1.807) is 0 Å². The molecule has 0 bridgehead atoms. The summed E-state index contributed by atoms with van der Waals surface area (Å²) in [7, 11) is 0. The van der Waals surface area contributed by atoms with E-state index >= 15 is 0 Å². The van der Waals surface area contributed by atoms with Crippen molar-refractivity contribution in [1.82, 2.24) is 10.2 Å². The van der Waals surface area contributed by atoms with E-state index in [1.807, 2.05) is 0 Å². The summed E-state index contributed by atoms with van der Waals surface area (Å²) >= 11 is 0. The summed E-state index contributed by atoms with van der Waals surface area (Å²) in [5.74, 6) is -1.17. The lowest BCUT2D eigenvalue weighted by molar-refractivity contribution is -0.144.